The van der Waals surface area contributed by atoms with E-state index in [4.69, 9.17) is 4.74 Å². The van der Waals surface area contributed by atoms with Crippen molar-refractivity contribution in [1.29, 1.82) is 0 Å². The summed E-state index contributed by atoms with van der Waals surface area (Å²) in [6.45, 7) is 6.99. The fourth-order valence-electron chi connectivity index (χ4n) is 2.28. The molecule has 0 amide bonds. The fourth-order valence-corrected chi connectivity index (χ4v) is 2.28. The Bertz CT molecular complexity index is 360. The van der Waals surface area contributed by atoms with Crippen LogP contribution in [0.2, 0.25) is 0 Å². The molecule has 0 saturated heterocycles. The van der Waals surface area contributed by atoms with Crippen molar-refractivity contribution in [2.75, 3.05) is 19.8 Å². The maximum atomic E-state index is 5.51. The van der Waals surface area contributed by atoms with Crippen LogP contribution in [0.15, 0.2) is 24.3 Å². The van der Waals surface area contributed by atoms with Gasteiger partial charge in [0.1, 0.15) is 0 Å². The van der Waals surface area contributed by atoms with Gasteiger partial charge in [-0.1, -0.05) is 29.8 Å². The van der Waals surface area contributed by atoms with Gasteiger partial charge < -0.3 is 10.1 Å². The van der Waals surface area contributed by atoms with Crippen molar-refractivity contribution in [3.8, 4) is 0 Å². The van der Waals surface area contributed by atoms with Crippen molar-refractivity contribution in [3.05, 3.63) is 35.4 Å². The van der Waals surface area contributed by atoms with Crippen molar-refractivity contribution < 1.29 is 4.74 Å². The lowest BCUT2D eigenvalue weighted by molar-refractivity contribution is 0.139. The van der Waals surface area contributed by atoms with Gasteiger partial charge in [-0.05, 0) is 44.6 Å². The summed E-state index contributed by atoms with van der Waals surface area (Å²) in [5.74, 6) is 0.581. The van der Waals surface area contributed by atoms with Crippen LogP contribution in [0.25, 0.3) is 0 Å². The van der Waals surface area contributed by atoms with E-state index >= 15 is 0 Å². The van der Waals surface area contributed by atoms with Gasteiger partial charge in [0.25, 0.3) is 0 Å². The van der Waals surface area contributed by atoms with E-state index in [0.717, 1.165) is 32.2 Å². The van der Waals surface area contributed by atoms with Crippen molar-refractivity contribution in [2.24, 2.45) is 0 Å². The van der Waals surface area contributed by atoms with Gasteiger partial charge in [0.2, 0.25) is 0 Å². The molecule has 18 heavy (non-hydrogen) atoms. The molecule has 0 radical (unpaired) electrons. The fraction of sp³-hybridized carbons (Fsp3) is 0.625. The number of nitrogens with one attached hydrogen (secondary N) is 1. The third kappa shape index (κ3) is 4.43. The van der Waals surface area contributed by atoms with Crippen LogP contribution in [0.5, 0.6) is 0 Å². The first-order valence-electron chi connectivity index (χ1n) is 7.17. The topological polar surface area (TPSA) is 21.3 Å². The predicted molar refractivity (Wildman–Crippen MR) is 76.1 cm³/mol. The zero-order valence-corrected chi connectivity index (χ0v) is 11.6. The number of rotatable bonds is 8. The minimum Gasteiger partial charge on any atom is -0.382 e. The summed E-state index contributed by atoms with van der Waals surface area (Å²) in [6.07, 6.45) is 3.81. The molecule has 2 rings (SSSR count). The third-order valence-electron chi connectivity index (χ3n) is 3.56. The highest BCUT2D eigenvalue weighted by atomic mass is 16.5. The first kappa shape index (κ1) is 13.6. The summed E-state index contributed by atoms with van der Waals surface area (Å²) >= 11 is 0. The molecule has 1 atom stereocenters. The van der Waals surface area contributed by atoms with E-state index < -0.39 is 0 Å². The van der Waals surface area contributed by atoms with Crippen molar-refractivity contribution in [1.82, 2.24) is 5.32 Å². The lowest BCUT2D eigenvalue weighted by Crippen LogP contribution is -2.24. The van der Waals surface area contributed by atoms with Crippen LogP contribution in [0.3, 0.4) is 0 Å². The smallest absolute Gasteiger partial charge is 0.0472 e. The second-order valence-electron chi connectivity index (χ2n) is 5.28. The molecule has 1 aromatic rings. The number of aryl methyl sites for hydroxylation is 1. The first-order chi connectivity index (χ1) is 8.79. The van der Waals surface area contributed by atoms with Gasteiger partial charge in [0, 0.05) is 25.8 Å². The Balaban J connectivity index is 1.92. The van der Waals surface area contributed by atoms with Crippen LogP contribution >= 0.6 is 0 Å². The largest absolute Gasteiger partial charge is 0.382 e. The minimum atomic E-state index is 0.581. The molecule has 1 aromatic carbocycles. The molecule has 100 valence electrons. The second kappa shape index (κ2) is 6.91. The van der Waals surface area contributed by atoms with Crippen LogP contribution in [0.4, 0.5) is 0 Å². The van der Waals surface area contributed by atoms with Crippen molar-refractivity contribution in [2.45, 2.75) is 45.1 Å². The molecular weight excluding hydrogens is 222 g/mol. The number of ether oxygens (including phenoxy) is 1. The Hall–Kier alpha value is -0.860. The molecule has 2 nitrogen and oxygen atoms in total. The number of benzene rings is 1. The highest BCUT2D eigenvalue weighted by molar-refractivity contribution is 5.25. The van der Waals surface area contributed by atoms with E-state index in [1.54, 1.807) is 0 Å². The van der Waals surface area contributed by atoms with Crippen molar-refractivity contribution in [3.63, 3.8) is 0 Å². The molecule has 0 spiro atoms. The van der Waals surface area contributed by atoms with Crippen LogP contribution in [0.1, 0.15) is 43.2 Å². The zero-order chi connectivity index (χ0) is 12.8. The Labute approximate surface area is 111 Å². The molecule has 0 aliphatic heterocycles. The van der Waals surface area contributed by atoms with Crippen molar-refractivity contribution >= 4 is 0 Å². The molecule has 1 N–H and O–H groups in total. The molecule has 1 aliphatic rings. The summed E-state index contributed by atoms with van der Waals surface area (Å²) in [7, 11) is 0. The molecule has 2 heteroatoms. The predicted octanol–water partition coefficient (Wildman–Crippen LogP) is 3.26. The van der Waals surface area contributed by atoms with E-state index in [0.29, 0.717) is 5.92 Å². The summed E-state index contributed by atoms with van der Waals surface area (Å²) in [6, 6.07) is 9.67. The average Bonchev–Trinajstić information content (AvgIpc) is 3.17. The van der Waals surface area contributed by atoms with Crippen LogP contribution in [0, 0.1) is 6.92 Å². The highest BCUT2D eigenvalue weighted by Crippen LogP contribution is 2.24. The second-order valence-corrected chi connectivity index (χ2v) is 5.28. The van der Waals surface area contributed by atoms with E-state index in [1.165, 1.54) is 24.0 Å². The zero-order valence-electron chi connectivity index (χ0n) is 11.6. The van der Waals surface area contributed by atoms with Crippen LogP contribution in [-0.4, -0.2) is 25.8 Å². The Morgan fingerprint density at radius 1 is 1.39 bits per heavy atom. The molecule has 1 aliphatic carbocycles. The Kier molecular flexibility index (Phi) is 5.21. The monoisotopic (exact) mass is 247 g/mol. The first-order valence-corrected chi connectivity index (χ1v) is 7.17. The summed E-state index contributed by atoms with van der Waals surface area (Å²) < 4.78 is 5.51. The molecule has 1 unspecified atom stereocenters. The summed E-state index contributed by atoms with van der Waals surface area (Å²) in [4.78, 5) is 0. The number of hydrogen-bond acceptors (Lipinski definition) is 2. The van der Waals surface area contributed by atoms with Gasteiger partial charge in [-0.15, -0.1) is 0 Å². The average molecular weight is 247 g/mol. The number of hydrogen-bond donors (Lipinski definition) is 1. The Morgan fingerprint density at radius 3 is 2.89 bits per heavy atom. The normalized spacial score (nSPS) is 16.8. The molecule has 0 bridgehead atoms. The van der Waals surface area contributed by atoms with Gasteiger partial charge in [0.05, 0.1) is 0 Å². The van der Waals surface area contributed by atoms with E-state index in [9.17, 15) is 0 Å². The standard InChI is InChI=1S/C16H25NO/c1-3-18-10-9-15(12-17-16-7-8-16)14-6-4-5-13(2)11-14/h4-6,11,15-17H,3,7-10,12H2,1-2H3. The molecule has 1 fully saturated rings. The molecule has 1 saturated carbocycles. The van der Waals surface area contributed by atoms with Crippen LogP contribution in [-0.2, 0) is 4.74 Å². The quantitative estimate of drug-likeness (QED) is 0.712. The van der Waals surface area contributed by atoms with Gasteiger partial charge >= 0.3 is 0 Å². The van der Waals surface area contributed by atoms with Gasteiger partial charge in [-0.3, -0.25) is 0 Å². The molecule has 0 heterocycles. The highest BCUT2D eigenvalue weighted by Gasteiger charge is 2.22. The maximum absolute atomic E-state index is 5.51. The maximum Gasteiger partial charge on any atom is 0.0472 e. The summed E-state index contributed by atoms with van der Waals surface area (Å²) in [5, 5.41) is 3.65. The van der Waals surface area contributed by atoms with Gasteiger partial charge in [0.15, 0.2) is 0 Å². The molecular formula is C16H25NO. The van der Waals surface area contributed by atoms with Crippen LogP contribution < -0.4 is 5.32 Å². The third-order valence-corrected chi connectivity index (χ3v) is 3.56. The van der Waals surface area contributed by atoms with E-state index in [1.807, 2.05) is 0 Å². The van der Waals surface area contributed by atoms with Gasteiger partial charge in [-0.25, -0.2) is 0 Å². The van der Waals surface area contributed by atoms with E-state index in [2.05, 4.69) is 43.4 Å². The lowest BCUT2D eigenvalue weighted by atomic mass is 9.94. The lowest BCUT2D eigenvalue weighted by Gasteiger charge is -2.18. The van der Waals surface area contributed by atoms with E-state index in [-0.39, 0.29) is 0 Å². The SMILES string of the molecule is CCOCCC(CNC1CC1)c1cccc(C)c1. The van der Waals surface area contributed by atoms with Gasteiger partial charge in [-0.2, -0.15) is 0 Å². The molecule has 0 aromatic heterocycles. The summed E-state index contributed by atoms with van der Waals surface area (Å²) in [5.41, 5.74) is 2.79. The minimum absolute atomic E-state index is 0.581. The Morgan fingerprint density at radius 2 is 2.22 bits per heavy atom.